The first-order valence-corrected chi connectivity index (χ1v) is 7.92. The summed E-state index contributed by atoms with van der Waals surface area (Å²) in [5.41, 5.74) is 0. The average molecular weight is 276 g/mol. The van der Waals surface area contributed by atoms with Gasteiger partial charge in [0.2, 0.25) is 0 Å². The molecule has 0 aromatic heterocycles. The Labute approximate surface area is 124 Å². The Kier molecular flexibility index (Phi) is 16.3. The van der Waals surface area contributed by atoms with E-state index in [2.05, 4.69) is 35.3 Å². The smallest absolute Gasteiger partial charge is 0.293 e. The Morgan fingerprint density at radius 3 is 1.95 bits per heavy atom. The molecule has 0 saturated heterocycles. The van der Waals surface area contributed by atoms with Crippen LogP contribution in [-0.2, 0) is 9.53 Å². The van der Waals surface area contributed by atoms with Crippen LogP contribution in [0.15, 0.2) is 0 Å². The molecule has 0 aromatic rings. The lowest BCUT2D eigenvalue weighted by molar-refractivity contribution is -0.128. The van der Waals surface area contributed by atoms with E-state index >= 15 is 0 Å². The van der Waals surface area contributed by atoms with E-state index in [0.717, 1.165) is 25.7 Å². The summed E-state index contributed by atoms with van der Waals surface area (Å²) in [7, 11) is 0. The van der Waals surface area contributed by atoms with Gasteiger partial charge >= 0.3 is 0 Å². The maximum atomic E-state index is 9.91. The van der Waals surface area contributed by atoms with Crippen LogP contribution in [0.1, 0.15) is 77.6 Å². The summed E-state index contributed by atoms with van der Waals surface area (Å²) < 4.78 is 4.64. The van der Waals surface area contributed by atoms with Crippen LogP contribution in [0, 0.1) is 23.7 Å². The number of hydrogen-bond donors (Lipinski definition) is 0. The highest BCUT2D eigenvalue weighted by atomic mass is 16.5. The summed E-state index contributed by atoms with van der Waals surface area (Å²) in [6.45, 7) is 3.26. The van der Waals surface area contributed by atoms with Gasteiger partial charge in [-0.05, 0) is 31.1 Å². The number of hydrogen-bond acceptors (Lipinski definition) is 2. The number of carbonyl (C=O) groups is 1. The zero-order valence-corrected chi connectivity index (χ0v) is 12.9. The molecular formula is C18H28O2. The van der Waals surface area contributed by atoms with E-state index in [0.29, 0.717) is 13.1 Å². The molecule has 0 atom stereocenters. The fourth-order valence-corrected chi connectivity index (χ4v) is 1.81. The van der Waals surface area contributed by atoms with E-state index in [1.807, 2.05) is 0 Å². The van der Waals surface area contributed by atoms with Crippen LogP contribution in [-0.4, -0.2) is 13.1 Å². The van der Waals surface area contributed by atoms with Gasteiger partial charge in [-0.3, -0.25) is 4.79 Å². The minimum absolute atomic E-state index is 0.523. The summed E-state index contributed by atoms with van der Waals surface area (Å²) in [4.78, 5) is 9.91. The van der Waals surface area contributed by atoms with Gasteiger partial charge in [0.1, 0.15) is 0 Å². The van der Waals surface area contributed by atoms with E-state index < -0.39 is 0 Å². The predicted octanol–water partition coefficient (Wildman–Crippen LogP) is 4.48. The van der Waals surface area contributed by atoms with Crippen molar-refractivity contribution in [3.63, 3.8) is 0 Å². The molecule has 112 valence electrons. The van der Waals surface area contributed by atoms with Crippen molar-refractivity contribution in [2.45, 2.75) is 77.6 Å². The van der Waals surface area contributed by atoms with Crippen LogP contribution in [0.2, 0.25) is 0 Å². The van der Waals surface area contributed by atoms with Crippen LogP contribution in [0.5, 0.6) is 0 Å². The quantitative estimate of drug-likeness (QED) is 0.298. The highest BCUT2D eigenvalue weighted by Gasteiger charge is 1.91. The SMILES string of the molecule is CCCCC#CC#CCCCCCCCCCOC=O. The first-order valence-electron chi connectivity index (χ1n) is 7.92. The third kappa shape index (κ3) is 16.6. The van der Waals surface area contributed by atoms with Crippen molar-refractivity contribution in [3.05, 3.63) is 0 Å². The molecular weight excluding hydrogens is 248 g/mol. The lowest BCUT2D eigenvalue weighted by Crippen LogP contribution is -1.91. The molecule has 0 spiro atoms. The number of carbonyl (C=O) groups excluding carboxylic acids is 1. The Balaban J connectivity index is 3.17. The molecule has 0 rings (SSSR count). The van der Waals surface area contributed by atoms with Crippen LogP contribution >= 0.6 is 0 Å². The molecule has 0 saturated carbocycles. The highest BCUT2D eigenvalue weighted by molar-refractivity contribution is 5.36. The molecule has 2 nitrogen and oxygen atoms in total. The number of unbranched alkanes of at least 4 members (excludes halogenated alkanes) is 9. The standard InChI is InChI=1S/C18H28O2/c1-2-3-4-5-6-7-8-9-10-11-12-13-14-15-16-17-20-18-19/h18H,2-4,9-17H2,1H3. The van der Waals surface area contributed by atoms with Gasteiger partial charge in [-0.25, -0.2) is 0 Å². The normalized spacial score (nSPS) is 9.05. The van der Waals surface area contributed by atoms with Crippen LogP contribution in [0.4, 0.5) is 0 Å². The first kappa shape index (κ1) is 18.6. The Morgan fingerprint density at radius 1 is 0.800 bits per heavy atom. The van der Waals surface area contributed by atoms with Crippen molar-refractivity contribution in [3.8, 4) is 23.7 Å². The predicted molar refractivity (Wildman–Crippen MR) is 84.0 cm³/mol. The van der Waals surface area contributed by atoms with Gasteiger partial charge in [-0.1, -0.05) is 57.3 Å². The molecule has 0 heterocycles. The van der Waals surface area contributed by atoms with Gasteiger partial charge < -0.3 is 4.74 Å². The Morgan fingerprint density at radius 2 is 1.35 bits per heavy atom. The second kappa shape index (κ2) is 17.6. The molecule has 0 aromatic carbocycles. The van der Waals surface area contributed by atoms with Crippen molar-refractivity contribution >= 4 is 6.47 Å². The summed E-state index contributed by atoms with van der Waals surface area (Å²) in [5.74, 6) is 12.0. The van der Waals surface area contributed by atoms with E-state index in [1.54, 1.807) is 0 Å². The summed E-state index contributed by atoms with van der Waals surface area (Å²) in [5, 5.41) is 0. The lowest BCUT2D eigenvalue weighted by Gasteiger charge is -2.00. The zero-order valence-electron chi connectivity index (χ0n) is 12.9. The molecule has 0 bridgehead atoms. The molecule has 0 aliphatic heterocycles. The summed E-state index contributed by atoms with van der Waals surface area (Å²) in [6, 6.07) is 0. The van der Waals surface area contributed by atoms with E-state index in [4.69, 9.17) is 0 Å². The highest BCUT2D eigenvalue weighted by Crippen LogP contribution is 2.08. The molecule has 20 heavy (non-hydrogen) atoms. The van der Waals surface area contributed by atoms with Gasteiger partial charge in [0.05, 0.1) is 6.61 Å². The molecule has 0 radical (unpaired) electrons. The maximum absolute atomic E-state index is 9.91. The van der Waals surface area contributed by atoms with Crippen molar-refractivity contribution in [1.82, 2.24) is 0 Å². The second-order valence-corrected chi connectivity index (χ2v) is 4.90. The maximum Gasteiger partial charge on any atom is 0.293 e. The Hall–Kier alpha value is -1.41. The topological polar surface area (TPSA) is 26.3 Å². The average Bonchev–Trinajstić information content (AvgIpc) is 2.47. The van der Waals surface area contributed by atoms with Crippen molar-refractivity contribution in [2.24, 2.45) is 0 Å². The van der Waals surface area contributed by atoms with Gasteiger partial charge in [-0.15, -0.1) is 0 Å². The van der Waals surface area contributed by atoms with Crippen molar-refractivity contribution in [1.29, 1.82) is 0 Å². The van der Waals surface area contributed by atoms with Crippen LogP contribution in [0.25, 0.3) is 0 Å². The van der Waals surface area contributed by atoms with Crippen LogP contribution in [0.3, 0.4) is 0 Å². The fraction of sp³-hybridized carbons (Fsp3) is 0.722. The molecule has 0 N–H and O–H groups in total. The van der Waals surface area contributed by atoms with Gasteiger partial charge in [0, 0.05) is 12.8 Å². The summed E-state index contributed by atoms with van der Waals surface area (Å²) in [6.07, 6.45) is 12.7. The third-order valence-corrected chi connectivity index (χ3v) is 3.03. The summed E-state index contributed by atoms with van der Waals surface area (Å²) >= 11 is 0. The molecule has 2 heteroatoms. The molecule has 0 fully saturated rings. The van der Waals surface area contributed by atoms with E-state index in [1.165, 1.54) is 44.9 Å². The molecule has 0 aliphatic carbocycles. The third-order valence-electron chi connectivity index (χ3n) is 3.03. The second-order valence-electron chi connectivity index (χ2n) is 4.90. The fourth-order valence-electron chi connectivity index (χ4n) is 1.81. The van der Waals surface area contributed by atoms with Gasteiger partial charge in [-0.2, -0.15) is 0 Å². The van der Waals surface area contributed by atoms with Crippen LogP contribution < -0.4 is 0 Å². The molecule has 0 aliphatic rings. The first-order chi connectivity index (χ1) is 9.91. The molecule has 0 unspecified atom stereocenters. The monoisotopic (exact) mass is 276 g/mol. The van der Waals surface area contributed by atoms with Crippen molar-refractivity contribution in [2.75, 3.05) is 6.61 Å². The minimum atomic E-state index is 0.523. The van der Waals surface area contributed by atoms with E-state index in [9.17, 15) is 4.79 Å². The number of ether oxygens (including phenoxy) is 1. The van der Waals surface area contributed by atoms with Gasteiger partial charge in [0.25, 0.3) is 6.47 Å². The molecule has 0 amide bonds. The lowest BCUT2D eigenvalue weighted by atomic mass is 10.1. The number of rotatable bonds is 12. The van der Waals surface area contributed by atoms with E-state index in [-0.39, 0.29) is 0 Å². The van der Waals surface area contributed by atoms with Crippen molar-refractivity contribution < 1.29 is 9.53 Å². The Bertz CT molecular complexity index is 325. The van der Waals surface area contributed by atoms with Gasteiger partial charge in [0.15, 0.2) is 0 Å². The largest absolute Gasteiger partial charge is 0.468 e. The minimum Gasteiger partial charge on any atom is -0.468 e. The zero-order chi connectivity index (χ0) is 14.7.